The Labute approximate surface area is 167 Å². The van der Waals surface area contributed by atoms with Crippen LogP contribution in [0.3, 0.4) is 0 Å². The molecule has 0 aromatic heterocycles. The molecule has 0 radical (unpaired) electrons. The van der Waals surface area contributed by atoms with Crippen molar-refractivity contribution >= 4 is 55.1 Å². The number of rotatable bonds is 6. The number of benzene rings is 2. The second-order valence-electron chi connectivity index (χ2n) is 4.25. The molecule has 2 aromatic rings. The first-order valence-corrected chi connectivity index (χ1v) is 9.49. The predicted octanol–water partition coefficient (Wildman–Crippen LogP) is 5.54. The SMILES string of the molecule is ClCCOc1cccc(OCCCl)c1Br.Oc1cccc(O)c1Br. The number of hydrogen-bond acceptors (Lipinski definition) is 4. The summed E-state index contributed by atoms with van der Waals surface area (Å²) in [6, 6.07) is 10.1. The van der Waals surface area contributed by atoms with Crippen LogP contribution >= 0.6 is 55.1 Å². The Morgan fingerprint density at radius 2 is 1.17 bits per heavy atom. The average molecular weight is 503 g/mol. The van der Waals surface area contributed by atoms with E-state index in [4.69, 9.17) is 42.9 Å². The van der Waals surface area contributed by atoms with E-state index in [2.05, 4.69) is 31.9 Å². The van der Waals surface area contributed by atoms with Crippen molar-refractivity contribution in [3.63, 3.8) is 0 Å². The molecule has 0 heterocycles. The molecule has 0 spiro atoms. The van der Waals surface area contributed by atoms with E-state index in [1.54, 1.807) is 6.07 Å². The lowest BCUT2D eigenvalue weighted by atomic mass is 10.3. The van der Waals surface area contributed by atoms with Crippen LogP contribution in [0.25, 0.3) is 0 Å². The van der Waals surface area contributed by atoms with Crippen molar-refractivity contribution < 1.29 is 19.7 Å². The van der Waals surface area contributed by atoms with Crippen LogP contribution < -0.4 is 9.47 Å². The summed E-state index contributed by atoms with van der Waals surface area (Å²) in [5.41, 5.74) is 0. The predicted molar refractivity (Wildman–Crippen MR) is 104 cm³/mol. The van der Waals surface area contributed by atoms with Crippen molar-refractivity contribution in [1.29, 1.82) is 0 Å². The highest BCUT2D eigenvalue weighted by atomic mass is 79.9. The van der Waals surface area contributed by atoms with Crippen LogP contribution in [-0.2, 0) is 0 Å². The van der Waals surface area contributed by atoms with Gasteiger partial charge in [0, 0.05) is 0 Å². The highest BCUT2D eigenvalue weighted by molar-refractivity contribution is 9.11. The van der Waals surface area contributed by atoms with E-state index in [1.807, 2.05) is 18.2 Å². The minimum atomic E-state index is 0.0509. The second kappa shape index (κ2) is 11.7. The smallest absolute Gasteiger partial charge is 0.137 e. The van der Waals surface area contributed by atoms with Gasteiger partial charge in [-0.05, 0) is 56.1 Å². The molecular formula is C16H16Br2Cl2O4. The van der Waals surface area contributed by atoms with Crippen molar-refractivity contribution in [2.45, 2.75) is 0 Å². The summed E-state index contributed by atoms with van der Waals surface area (Å²) in [6.45, 7) is 0.943. The number of aromatic hydroxyl groups is 2. The molecule has 132 valence electrons. The number of ether oxygens (including phenoxy) is 2. The van der Waals surface area contributed by atoms with Crippen LogP contribution in [-0.4, -0.2) is 35.2 Å². The van der Waals surface area contributed by atoms with Crippen LogP contribution in [0.2, 0.25) is 0 Å². The van der Waals surface area contributed by atoms with Crippen LogP contribution in [0, 0.1) is 0 Å². The van der Waals surface area contributed by atoms with Gasteiger partial charge in [-0.1, -0.05) is 12.1 Å². The summed E-state index contributed by atoms with van der Waals surface area (Å²) >= 11 is 17.5. The standard InChI is InChI=1S/C10H11BrCl2O2.C6H5BrO2/c11-10-8(14-6-4-12)2-1-3-9(10)15-7-5-13;7-6-4(8)2-1-3-5(6)9/h1-3H,4-7H2;1-3,8-9H. The van der Waals surface area contributed by atoms with E-state index in [9.17, 15) is 0 Å². The van der Waals surface area contributed by atoms with Gasteiger partial charge >= 0.3 is 0 Å². The molecule has 0 bridgehead atoms. The van der Waals surface area contributed by atoms with Crippen LogP contribution in [0.4, 0.5) is 0 Å². The van der Waals surface area contributed by atoms with E-state index in [-0.39, 0.29) is 11.5 Å². The molecule has 2 rings (SSSR count). The van der Waals surface area contributed by atoms with Gasteiger partial charge in [0.15, 0.2) is 0 Å². The maximum atomic E-state index is 8.89. The molecule has 2 aromatic carbocycles. The maximum Gasteiger partial charge on any atom is 0.137 e. The Kier molecular flexibility index (Phi) is 10.3. The highest BCUT2D eigenvalue weighted by Crippen LogP contribution is 2.34. The fourth-order valence-electron chi connectivity index (χ4n) is 1.52. The Morgan fingerprint density at radius 1 is 0.750 bits per heavy atom. The maximum absolute atomic E-state index is 8.89. The summed E-state index contributed by atoms with van der Waals surface area (Å²) < 4.78 is 12.0. The molecule has 0 atom stereocenters. The van der Waals surface area contributed by atoms with Crippen LogP contribution in [0.5, 0.6) is 23.0 Å². The van der Waals surface area contributed by atoms with E-state index >= 15 is 0 Å². The van der Waals surface area contributed by atoms with Gasteiger partial charge in [-0.2, -0.15) is 0 Å². The lowest BCUT2D eigenvalue weighted by Gasteiger charge is -2.11. The van der Waals surface area contributed by atoms with E-state index in [0.29, 0.717) is 29.4 Å². The van der Waals surface area contributed by atoms with Crippen molar-refractivity contribution in [2.24, 2.45) is 0 Å². The molecule has 0 aliphatic carbocycles. The molecule has 2 N–H and O–H groups in total. The quantitative estimate of drug-likeness (QED) is 0.509. The number of phenols is 2. The minimum Gasteiger partial charge on any atom is -0.507 e. The number of phenolic OH excluding ortho intramolecular Hbond substituents is 2. The topological polar surface area (TPSA) is 58.9 Å². The summed E-state index contributed by atoms with van der Waals surface area (Å²) in [4.78, 5) is 0. The minimum absolute atomic E-state index is 0.0509. The van der Waals surface area contributed by atoms with Gasteiger partial charge in [-0.3, -0.25) is 0 Å². The lowest BCUT2D eigenvalue weighted by Crippen LogP contribution is -2.02. The molecule has 0 amide bonds. The molecule has 0 unspecified atom stereocenters. The number of hydrogen-bond donors (Lipinski definition) is 2. The Hall–Kier alpha value is -0.820. The Morgan fingerprint density at radius 3 is 1.54 bits per heavy atom. The monoisotopic (exact) mass is 500 g/mol. The van der Waals surface area contributed by atoms with Crippen molar-refractivity contribution in [3.8, 4) is 23.0 Å². The number of alkyl halides is 2. The lowest BCUT2D eigenvalue weighted by molar-refractivity contribution is 0.321. The van der Waals surface area contributed by atoms with Crippen LogP contribution in [0.1, 0.15) is 0 Å². The Bertz CT molecular complexity index is 595. The van der Waals surface area contributed by atoms with Gasteiger partial charge in [0.1, 0.15) is 45.2 Å². The summed E-state index contributed by atoms with van der Waals surface area (Å²) in [6.07, 6.45) is 0. The third-order valence-electron chi connectivity index (χ3n) is 2.56. The zero-order chi connectivity index (χ0) is 17.9. The molecule has 0 fully saturated rings. The molecule has 0 saturated carbocycles. The summed E-state index contributed by atoms with van der Waals surface area (Å²) in [7, 11) is 0. The third-order valence-corrected chi connectivity index (χ3v) is 4.46. The Balaban J connectivity index is 0.000000272. The molecule has 0 saturated heterocycles. The molecule has 0 aliphatic rings. The number of halogens is 4. The summed E-state index contributed by atoms with van der Waals surface area (Å²) in [5.74, 6) is 2.47. The van der Waals surface area contributed by atoms with Crippen molar-refractivity contribution in [1.82, 2.24) is 0 Å². The van der Waals surface area contributed by atoms with E-state index in [0.717, 1.165) is 16.0 Å². The first-order chi connectivity index (χ1) is 11.5. The fourth-order valence-corrected chi connectivity index (χ4v) is 2.43. The first kappa shape index (κ1) is 21.2. The van der Waals surface area contributed by atoms with Crippen LogP contribution in [0.15, 0.2) is 45.3 Å². The van der Waals surface area contributed by atoms with Gasteiger partial charge in [0.25, 0.3) is 0 Å². The van der Waals surface area contributed by atoms with Gasteiger partial charge in [-0.25, -0.2) is 0 Å². The van der Waals surface area contributed by atoms with E-state index in [1.165, 1.54) is 12.1 Å². The van der Waals surface area contributed by atoms with Gasteiger partial charge in [0.05, 0.1) is 11.8 Å². The zero-order valence-electron chi connectivity index (χ0n) is 12.5. The molecule has 24 heavy (non-hydrogen) atoms. The van der Waals surface area contributed by atoms with Gasteiger partial charge in [0.2, 0.25) is 0 Å². The molecule has 8 heteroatoms. The molecule has 0 aliphatic heterocycles. The summed E-state index contributed by atoms with van der Waals surface area (Å²) in [5, 5.41) is 17.8. The molecular weight excluding hydrogens is 487 g/mol. The largest absolute Gasteiger partial charge is 0.507 e. The zero-order valence-corrected chi connectivity index (χ0v) is 17.2. The van der Waals surface area contributed by atoms with Crippen molar-refractivity contribution in [2.75, 3.05) is 25.0 Å². The first-order valence-electron chi connectivity index (χ1n) is 6.83. The second-order valence-corrected chi connectivity index (χ2v) is 6.60. The van der Waals surface area contributed by atoms with Crippen molar-refractivity contribution in [3.05, 3.63) is 45.3 Å². The van der Waals surface area contributed by atoms with E-state index < -0.39 is 0 Å². The van der Waals surface area contributed by atoms with Gasteiger partial charge in [-0.15, -0.1) is 23.2 Å². The normalized spacial score (nSPS) is 9.83. The third kappa shape index (κ3) is 6.97. The fraction of sp³-hybridized carbons (Fsp3) is 0.250. The molecule has 4 nitrogen and oxygen atoms in total. The average Bonchev–Trinajstić information content (AvgIpc) is 2.58. The highest BCUT2D eigenvalue weighted by Gasteiger charge is 2.07. The van der Waals surface area contributed by atoms with Gasteiger partial charge < -0.3 is 19.7 Å².